The summed E-state index contributed by atoms with van der Waals surface area (Å²) in [7, 11) is 0. The number of hydrogen-bond acceptors (Lipinski definition) is 4. The Morgan fingerprint density at radius 2 is 1.64 bits per heavy atom. The first kappa shape index (κ1) is 19.3. The molecule has 5 nitrogen and oxygen atoms in total. The Bertz CT molecular complexity index is 549. The lowest BCUT2D eigenvalue weighted by atomic mass is 9.89. The van der Waals surface area contributed by atoms with E-state index in [0.717, 1.165) is 51.4 Å². The second-order valence-electron chi connectivity index (χ2n) is 6.57. The number of rotatable bonds is 10. The molecule has 1 aromatic rings. The van der Waals surface area contributed by atoms with E-state index in [2.05, 4.69) is 0 Å². The molecule has 0 heterocycles. The van der Waals surface area contributed by atoms with Crippen molar-refractivity contribution in [2.45, 2.75) is 57.8 Å². The number of carbonyl (C=O) groups is 2. The van der Waals surface area contributed by atoms with Gasteiger partial charge in [0, 0.05) is 0 Å². The monoisotopic (exact) mass is 348 g/mol. The predicted molar refractivity (Wildman–Crippen MR) is 94.9 cm³/mol. The van der Waals surface area contributed by atoms with Gasteiger partial charge in [-0.3, -0.25) is 4.79 Å². The fourth-order valence-corrected chi connectivity index (χ4v) is 3.14. The summed E-state index contributed by atoms with van der Waals surface area (Å²) in [6.45, 7) is 0.990. The lowest BCUT2D eigenvalue weighted by molar-refractivity contribution is -0.149. The first-order chi connectivity index (χ1) is 12.2. The topological polar surface area (TPSA) is 72.8 Å². The number of para-hydroxylation sites is 1. The van der Waals surface area contributed by atoms with Crippen LogP contribution in [-0.2, 0) is 9.53 Å². The number of ether oxygens (including phenoxy) is 2. The number of carboxylic acids is 1. The molecular weight excluding hydrogens is 320 g/mol. The van der Waals surface area contributed by atoms with Gasteiger partial charge in [-0.25, -0.2) is 4.79 Å². The second-order valence-corrected chi connectivity index (χ2v) is 6.57. The van der Waals surface area contributed by atoms with Gasteiger partial charge in [-0.05, 0) is 50.7 Å². The molecule has 0 aromatic heterocycles. The smallest absolute Gasteiger partial charge is 0.339 e. The maximum atomic E-state index is 11.9. The van der Waals surface area contributed by atoms with Gasteiger partial charge in [0.2, 0.25) is 0 Å². The van der Waals surface area contributed by atoms with Crippen LogP contribution in [0.15, 0.2) is 24.3 Å². The molecule has 0 atom stereocenters. The lowest BCUT2D eigenvalue weighted by Crippen LogP contribution is -2.20. The van der Waals surface area contributed by atoms with Gasteiger partial charge in [0.05, 0.1) is 19.1 Å². The summed E-state index contributed by atoms with van der Waals surface area (Å²) in [6, 6.07) is 6.67. The summed E-state index contributed by atoms with van der Waals surface area (Å²) in [5, 5.41) is 9.08. The summed E-state index contributed by atoms with van der Waals surface area (Å²) >= 11 is 0. The van der Waals surface area contributed by atoms with Gasteiger partial charge in [0.15, 0.2) is 0 Å². The second kappa shape index (κ2) is 10.7. The quantitative estimate of drug-likeness (QED) is 0.499. The lowest BCUT2D eigenvalue weighted by Gasteiger charge is -2.19. The summed E-state index contributed by atoms with van der Waals surface area (Å²) in [5.74, 6) is -0.462. The zero-order valence-electron chi connectivity index (χ0n) is 14.7. The van der Waals surface area contributed by atoms with Crippen LogP contribution >= 0.6 is 0 Å². The molecule has 5 heteroatoms. The van der Waals surface area contributed by atoms with E-state index in [-0.39, 0.29) is 17.5 Å². The summed E-state index contributed by atoms with van der Waals surface area (Å²) in [6.07, 6.45) is 9.15. The molecule has 1 fully saturated rings. The van der Waals surface area contributed by atoms with Crippen LogP contribution in [-0.4, -0.2) is 30.3 Å². The van der Waals surface area contributed by atoms with Crippen LogP contribution in [0.4, 0.5) is 0 Å². The first-order valence-electron chi connectivity index (χ1n) is 9.30. The molecule has 0 aliphatic heterocycles. The highest BCUT2D eigenvalue weighted by Gasteiger charge is 2.22. The average Bonchev–Trinajstić information content (AvgIpc) is 2.64. The fourth-order valence-electron chi connectivity index (χ4n) is 3.14. The zero-order chi connectivity index (χ0) is 17.9. The summed E-state index contributed by atoms with van der Waals surface area (Å²) in [4.78, 5) is 23.0. The first-order valence-corrected chi connectivity index (χ1v) is 9.30. The van der Waals surface area contributed by atoms with E-state index in [1.54, 1.807) is 24.3 Å². The number of carbonyl (C=O) groups excluding carboxylic acids is 1. The van der Waals surface area contributed by atoms with Gasteiger partial charge in [0.1, 0.15) is 11.3 Å². The van der Waals surface area contributed by atoms with E-state index in [1.807, 2.05) is 0 Å². The normalized spacial score (nSPS) is 14.9. The average molecular weight is 348 g/mol. The van der Waals surface area contributed by atoms with E-state index < -0.39 is 5.97 Å². The molecule has 138 valence electrons. The number of aromatic carboxylic acids is 1. The van der Waals surface area contributed by atoms with Crippen LogP contribution in [0.5, 0.6) is 5.75 Å². The third-order valence-electron chi connectivity index (χ3n) is 4.60. The van der Waals surface area contributed by atoms with Crippen LogP contribution in [0.2, 0.25) is 0 Å². The molecule has 0 amide bonds. The molecule has 0 radical (unpaired) electrons. The summed E-state index contributed by atoms with van der Waals surface area (Å²) in [5.41, 5.74) is 0.192. The molecule has 1 aromatic carbocycles. The van der Waals surface area contributed by atoms with Crippen molar-refractivity contribution in [3.63, 3.8) is 0 Å². The Hall–Kier alpha value is -2.04. The van der Waals surface area contributed by atoms with Crippen molar-refractivity contribution in [2.75, 3.05) is 13.2 Å². The van der Waals surface area contributed by atoms with E-state index >= 15 is 0 Å². The van der Waals surface area contributed by atoms with Crippen molar-refractivity contribution in [1.29, 1.82) is 0 Å². The Balaban J connectivity index is 1.51. The van der Waals surface area contributed by atoms with Crippen molar-refractivity contribution >= 4 is 11.9 Å². The SMILES string of the molecule is O=C(O)c1ccccc1OCCCCCCOC(=O)C1CCCCC1. The van der Waals surface area contributed by atoms with Crippen molar-refractivity contribution in [3.8, 4) is 5.75 Å². The fraction of sp³-hybridized carbons (Fsp3) is 0.600. The summed E-state index contributed by atoms with van der Waals surface area (Å²) < 4.78 is 10.9. The molecule has 2 rings (SSSR count). The van der Waals surface area contributed by atoms with E-state index in [1.165, 1.54) is 6.42 Å². The maximum absolute atomic E-state index is 11.9. The van der Waals surface area contributed by atoms with E-state index in [0.29, 0.717) is 19.0 Å². The molecule has 0 bridgehead atoms. The molecule has 25 heavy (non-hydrogen) atoms. The third-order valence-corrected chi connectivity index (χ3v) is 4.60. The predicted octanol–water partition coefficient (Wildman–Crippen LogP) is 4.45. The van der Waals surface area contributed by atoms with Crippen LogP contribution in [0, 0.1) is 5.92 Å². The minimum Gasteiger partial charge on any atom is -0.493 e. The van der Waals surface area contributed by atoms with Crippen molar-refractivity contribution < 1.29 is 24.2 Å². The molecule has 1 N–H and O–H groups in total. The molecule has 0 saturated heterocycles. The molecule has 1 aliphatic carbocycles. The van der Waals surface area contributed by atoms with Gasteiger partial charge < -0.3 is 14.6 Å². The number of benzene rings is 1. The van der Waals surface area contributed by atoms with Gasteiger partial charge >= 0.3 is 11.9 Å². The highest BCUT2D eigenvalue weighted by Crippen LogP contribution is 2.24. The van der Waals surface area contributed by atoms with Crippen molar-refractivity contribution in [3.05, 3.63) is 29.8 Å². The Kier molecular flexibility index (Phi) is 8.29. The largest absolute Gasteiger partial charge is 0.493 e. The van der Waals surface area contributed by atoms with Crippen molar-refractivity contribution in [1.82, 2.24) is 0 Å². The third kappa shape index (κ3) is 6.77. The molecule has 1 saturated carbocycles. The number of hydrogen-bond donors (Lipinski definition) is 1. The molecular formula is C20H28O5. The van der Waals surface area contributed by atoms with Crippen molar-refractivity contribution in [2.24, 2.45) is 5.92 Å². The maximum Gasteiger partial charge on any atom is 0.339 e. The number of unbranched alkanes of at least 4 members (excludes halogenated alkanes) is 3. The standard InChI is InChI=1S/C20H28O5/c21-19(22)17-12-6-7-13-18(17)24-14-8-1-2-9-15-25-20(23)16-10-4-3-5-11-16/h6-7,12-13,16H,1-5,8-11,14-15H2,(H,21,22). The molecule has 0 unspecified atom stereocenters. The Morgan fingerprint density at radius 3 is 2.36 bits per heavy atom. The van der Waals surface area contributed by atoms with Gasteiger partial charge in [0.25, 0.3) is 0 Å². The van der Waals surface area contributed by atoms with Crippen LogP contribution < -0.4 is 4.74 Å². The highest BCUT2D eigenvalue weighted by atomic mass is 16.5. The Morgan fingerprint density at radius 1 is 0.960 bits per heavy atom. The minimum absolute atomic E-state index is 0.0201. The van der Waals surface area contributed by atoms with Crippen LogP contribution in [0.25, 0.3) is 0 Å². The van der Waals surface area contributed by atoms with E-state index in [9.17, 15) is 9.59 Å². The van der Waals surface area contributed by atoms with Crippen LogP contribution in [0.3, 0.4) is 0 Å². The zero-order valence-corrected chi connectivity index (χ0v) is 14.7. The molecule has 0 spiro atoms. The van der Waals surface area contributed by atoms with Crippen LogP contribution in [0.1, 0.15) is 68.1 Å². The van der Waals surface area contributed by atoms with E-state index in [4.69, 9.17) is 14.6 Å². The number of esters is 1. The van der Waals surface area contributed by atoms with Gasteiger partial charge in [-0.1, -0.05) is 31.4 Å². The number of carboxylic acid groups (broad SMARTS) is 1. The highest BCUT2D eigenvalue weighted by molar-refractivity contribution is 5.90. The Labute approximate surface area is 149 Å². The van der Waals surface area contributed by atoms with Gasteiger partial charge in [-0.15, -0.1) is 0 Å². The minimum atomic E-state index is -0.976. The molecule has 1 aliphatic rings. The van der Waals surface area contributed by atoms with Gasteiger partial charge in [-0.2, -0.15) is 0 Å².